The molecule has 0 bridgehead atoms. The van der Waals surface area contributed by atoms with Crippen molar-refractivity contribution in [1.29, 1.82) is 0 Å². The van der Waals surface area contributed by atoms with Crippen molar-refractivity contribution >= 4 is 17.7 Å². The largest absolute Gasteiger partial charge is 0.375 e. The van der Waals surface area contributed by atoms with Gasteiger partial charge in [0, 0.05) is 26.2 Å². The highest BCUT2D eigenvalue weighted by Gasteiger charge is 2.40. The first-order chi connectivity index (χ1) is 9.19. The molecule has 0 aliphatic carbocycles. The molecule has 3 saturated heterocycles. The summed E-state index contributed by atoms with van der Waals surface area (Å²) in [6.07, 6.45) is 5.43. The lowest BCUT2D eigenvalue weighted by Gasteiger charge is -2.44. The summed E-state index contributed by atoms with van der Waals surface area (Å²) < 4.78 is 6.10. The second-order valence-corrected chi connectivity index (χ2v) is 7.33. The fourth-order valence-electron chi connectivity index (χ4n) is 3.52. The Balaban J connectivity index is 1.58. The Morgan fingerprint density at radius 1 is 1.37 bits per heavy atom. The number of hydrogen-bond acceptors (Lipinski definition) is 4. The molecule has 108 valence electrons. The van der Waals surface area contributed by atoms with E-state index in [4.69, 9.17) is 4.74 Å². The van der Waals surface area contributed by atoms with E-state index in [1.165, 1.54) is 24.3 Å². The summed E-state index contributed by atoms with van der Waals surface area (Å²) in [7, 11) is 1.90. The van der Waals surface area contributed by atoms with Gasteiger partial charge < -0.3 is 15.0 Å². The van der Waals surface area contributed by atoms with E-state index < -0.39 is 0 Å². The fraction of sp³-hybridized carbons (Fsp3) is 0.929. The lowest BCUT2D eigenvalue weighted by molar-refractivity contribution is -0.129. The topological polar surface area (TPSA) is 41.6 Å². The molecule has 0 radical (unpaired) electrons. The maximum atomic E-state index is 12.0. The molecule has 2 atom stereocenters. The standard InChI is InChI=1S/C14H24N2O2S/c1-16-6-2-12(13(16)17)15-11-3-7-18-14(10-11)4-8-19-9-5-14/h11-12,15H,2-10H2,1H3. The van der Waals surface area contributed by atoms with Crippen LogP contribution in [0, 0.1) is 0 Å². The van der Waals surface area contributed by atoms with Crippen molar-refractivity contribution in [3.8, 4) is 0 Å². The third kappa shape index (κ3) is 2.93. The molecule has 4 nitrogen and oxygen atoms in total. The van der Waals surface area contributed by atoms with Gasteiger partial charge in [-0.3, -0.25) is 4.79 Å². The molecule has 3 rings (SSSR count). The zero-order chi connectivity index (χ0) is 13.3. The average Bonchev–Trinajstić information content (AvgIpc) is 2.72. The maximum absolute atomic E-state index is 12.0. The van der Waals surface area contributed by atoms with Crippen LogP contribution >= 0.6 is 11.8 Å². The van der Waals surface area contributed by atoms with Gasteiger partial charge in [-0.05, 0) is 43.6 Å². The lowest BCUT2D eigenvalue weighted by atomic mass is 9.85. The number of likely N-dealkylation sites (tertiary alicyclic amines) is 1. The van der Waals surface area contributed by atoms with Crippen molar-refractivity contribution in [2.45, 2.75) is 49.8 Å². The summed E-state index contributed by atoms with van der Waals surface area (Å²) >= 11 is 2.04. The molecule has 1 spiro atoms. The number of carbonyl (C=O) groups excluding carboxylic acids is 1. The van der Waals surface area contributed by atoms with Gasteiger partial charge in [-0.1, -0.05) is 0 Å². The van der Waals surface area contributed by atoms with Crippen molar-refractivity contribution < 1.29 is 9.53 Å². The van der Waals surface area contributed by atoms with Crippen LogP contribution in [-0.4, -0.2) is 60.2 Å². The summed E-state index contributed by atoms with van der Waals surface area (Å²) in [6, 6.07) is 0.500. The number of rotatable bonds is 2. The number of nitrogens with one attached hydrogen (secondary N) is 1. The van der Waals surface area contributed by atoms with Crippen LogP contribution in [0.2, 0.25) is 0 Å². The molecule has 1 N–H and O–H groups in total. The molecular formula is C14H24N2O2S. The van der Waals surface area contributed by atoms with E-state index in [1.807, 2.05) is 23.7 Å². The summed E-state index contributed by atoms with van der Waals surface area (Å²) in [6.45, 7) is 1.74. The van der Waals surface area contributed by atoms with Crippen LogP contribution in [0.5, 0.6) is 0 Å². The number of hydrogen-bond donors (Lipinski definition) is 1. The summed E-state index contributed by atoms with van der Waals surface area (Å²) in [5.41, 5.74) is 0.106. The van der Waals surface area contributed by atoms with Crippen LogP contribution in [0.3, 0.4) is 0 Å². The molecule has 5 heteroatoms. The van der Waals surface area contributed by atoms with E-state index in [9.17, 15) is 4.79 Å². The second-order valence-electron chi connectivity index (χ2n) is 6.10. The Hall–Kier alpha value is -0.260. The third-order valence-electron chi connectivity index (χ3n) is 4.76. The molecule has 1 amide bonds. The van der Waals surface area contributed by atoms with Gasteiger partial charge in [0.05, 0.1) is 11.6 Å². The minimum atomic E-state index is 0.0446. The molecule has 2 unspecified atom stereocenters. The summed E-state index contributed by atoms with van der Waals surface area (Å²) in [5, 5.41) is 3.59. The van der Waals surface area contributed by atoms with Crippen LogP contribution in [0.4, 0.5) is 0 Å². The van der Waals surface area contributed by atoms with Gasteiger partial charge in [0.15, 0.2) is 0 Å². The molecule has 0 aromatic heterocycles. The maximum Gasteiger partial charge on any atom is 0.239 e. The summed E-state index contributed by atoms with van der Waals surface area (Å²) in [4.78, 5) is 13.8. The number of ether oxygens (including phenoxy) is 1. The van der Waals surface area contributed by atoms with Gasteiger partial charge >= 0.3 is 0 Å². The Bertz CT molecular complexity index is 339. The van der Waals surface area contributed by atoms with E-state index >= 15 is 0 Å². The lowest BCUT2D eigenvalue weighted by Crippen LogP contribution is -2.52. The van der Waals surface area contributed by atoms with E-state index in [0.29, 0.717) is 6.04 Å². The van der Waals surface area contributed by atoms with E-state index in [2.05, 4.69) is 5.32 Å². The Labute approximate surface area is 119 Å². The minimum Gasteiger partial charge on any atom is -0.375 e. The molecule has 0 aromatic carbocycles. The van der Waals surface area contributed by atoms with Crippen molar-refractivity contribution in [2.24, 2.45) is 0 Å². The SMILES string of the molecule is CN1CCC(NC2CCOC3(CCSCC3)C2)C1=O. The molecule has 3 aliphatic heterocycles. The predicted octanol–water partition coefficient (Wildman–Crippen LogP) is 1.25. The zero-order valence-corrected chi connectivity index (χ0v) is 12.5. The number of amides is 1. The fourth-order valence-corrected chi connectivity index (χ4v) is 4.76. The molecule has 3 fully saturated rings. The van der Waals surface area contributed by atoms with Gasteiger partial charge in [0.2, 0.25) is 5.91 Å². The average molecular weight is 284 g/mol. The first-order valence-corrected chi connectivity index (χ1v) is 8.57. The van der Waals surface area contributed by atoms with E-state index in [-0.39, 0.29) is 17.6 Å². The first kappa shape index (κ1) is 13.7. The Morgan fingerprint density at radius 2 is 2.16 bits per heavy atom. The van der Waals surface area contributed by atoms with Crippen molar-refractivity contribution in [2.75, 3.05) is 31.7 Å². The Kier molecular flexibility index (Phi) is 4.06. The van der Waals surface area contributed by atoms with Crippen LogP contribution < -0.4 is 5.32 Å². The normalized spacial score (nSPS) is 35.0. The van der Waals surface area contributed by atoms with E-state index in [1.54, 1.807) is 0 Å². The highest BCUT2D eigenvalue weighted by Crippen LogP contribution is 2.37. The van der Waals surface area contributed by atoms with E-state index in [0.717, 1.165) is 32.4 Å². The predicted molar refractivity (Wildman–Crippen MR) is 77.4 cm³/mol. The molecular weight excluding hydrogens is 260 g/mol. The van der Waals surface area contributed by atoms with Crippen LogP contribution in [0.1, 0.15) is 32.1 Å². The monoisotopic (exact) mass is 284 g/mol. The molecule has 3 heterocycles. The quantitative estimate of drug-likeness (QED) is 0.829. The number of nitrogens with zero attached hydrogens (tertiary/aromatic N) is 1. The van der Waals surface area contributed by atoms with Gasteiger partial charge in [-0.2, -0.15) is 11.8 Å². The third-order valence-corrected chi connectivity index (χ3v) is 5.75. The zero-order valence-electron chi connectivity index (χ0n) is 11.7. The molecule has 0 aromatic rings. The number of likely N-dealkylation sites (N-methyl/N-ethyl adjacent to an activating group) is 1. The molecule has 3 aliphatic rings. The van der Waals surface area contributed by atoms with Crippen LogP contribution in [0.15, 0.2) is 0 Å². The van der Waals surface area contributed by atoms with Crippen LogP contribution in [-0.2, 0) is 9.53 Å². The van der Waals surface area contributed by atoms with Gasteiger partial charge in [-0.15, -0.1) is 0 Å². The van der Waals surface area contributed by atoms with Crippen molar-refractivity contribution in [1.82, 2.24) is 10.2 Å². The smallest absolute Gasteiger partial charge is 0.239 e. The van der Waals surface area contributed by atoms with Crippen molar-refractivity contribution in [3.63, 3.8) is 0 Å². The van der Waals surface area contributed by atoms with Gasteiger partial charge in [-0.25, -0.2) is 0 Å². The minimum absolute atomic E-state index is 0.0446. The second kappa shape index (κ2) is 5.62. The number of carbonyl (C=O) groups is 1. The van der Waals surface area contributed by atoms with Gasteiger partial charge in [0.1, 0.15) is 0 Å². The Morgan fingerprint density at radius 3 is 2.84 bits per heavy atom. The highest BCUT2D eigenvalue weighted by atomic mass is 32.2. The van der Waals surface area contributed by atoms with Crippen molar-refractivity contribution in [3.05, 3.63) is 0 Å². The molecule has 19 heavy (non-hydrogen) atoms. The number of thioether (sulfide) groups is 1. The van der Waals surface area contributed by atoms with Crippen LogP contribution in [0.25, 0.3) is 0 Å². The highest BCUT2D eigenvalue weighted by molar-refractivity contribution is 7.99. The first-order valence-electron chi connectivity index (χ1n) is 7.41. The molecule has 0 saturated carbocycles. The van der Waals surface area contributed by atoms with Gasteiger partial charge in [0.25, 0.3) is 0 Å². The summed E-state index contributed by atoms with van der Waals surface area (Å²) in [5.74, 6) is 2.70.